The van der Waals surface area contributed by atoms with Gasteiger partial charge in [-0.1, -0.05) is 65.0 Å². The Hall–Kier alpha value is -6.87. The van der Waals surface area contributed by atoms with E-state index >= 15 is 0 Å². The Balaban J connectivity index is 0.000000345. The number of anilines is 2. The first kappa shape index (κ1) is 77.2. The molecule has 0 radical (unpaired) electrons. The van der Waals surface area contributed by atoms with Crippen molar-refractivity contribution in [2.24, 2.45) is 21.1 Å². The second-order valence-electron chi connectivity index (χ2n) is 19.7. The molecule has 468 valence electrons. The molecule has 0 N–H and O–H groups in total. The van der Waals surface area contributed by atoms with Gasteiger partial charge in [-0.15, -0.1) is 61.6 Å². The predicted molar refractivity (Wildman–Crippen MR) is 390 cm³/mol. The van der Waals surface area contributed by atoms with E-state index in [1.54, 1.807) is 30.6 Å². The third-order valence-electron chi connectivity index (χ3n) is 12.6. The molecule has 0 aliphatic rings. The molecule has 0 spiro atoms. The number of aryl methyl sites for hydroxylation is 3. The van der Waals surface area contributed by atoms with E-state index in [0.717, 1.165) is 0 Å². The van der Waals surface area contributed by atoms with E-state index in [-0.39, 0.29) is 0 Å². The summed E-state index contributed by atoms with van der Waals surface area (Å²) < 4.78 is 25.0. The highest BCUT2D eigenvalue weighted by atomic mass is 35.6. The van der Waals surface area contributed by atoms with Crippen molar-refractivity contribution in [3.63, 3.8) is 0 Å². The van der Waals surface area contributed by atoms with Crippen LogP contribution in [0.1, 0.15) is 0 Å². The fraction of sp³-hybridized carbons (Fsp3) is 0.169. The minimum atomic E-state index is -1.46. The normalized spacial score (nSPS) is 12.7. The van der Waals surface area contributed by atoms with E-state index in [2.05, 4.69) is 179 Å². The predicted octanol–water partition coefficient (Wildman–Crippen LogP) is 5.21. The fourth-order valence-electron chi connectivity index (χ4n) is 7.02. The number of imidazole rings is 6. The smallest absolute Gasteiger partial charge is 0.377 e. The maximum absolute atomic E-state index is 6.09. The fourth-order valence-corrected chi connectivity index (χ4v) is 16.2. The minimum Gasteiger partial charge on any atom is -0.377 e. The van der Waals surface area contributed by atoms with Crippen LogP contribution < -0.4 is 36.2 Å². The molecule has 0 fully saturated rings. The number of hydrogen-bond acceptors (Lipinski definition) is 5. The lowest BCUT2D eigenvalue weighted by atomic mass is 10.4. The molecule has 88 heavy (non-hydrogen) atoms. The van der Waals surface area contributed by atoms with Gasteiger partial charge in [0.1, 0.15) is 74.4 Å². The Morgan fingerprint density at radius 2 is 0.773 bits per heavy atom. The molecular formula is C59H93Cl4N17Si8+6. The standard InChI is InChI=1S/C10H17N2Si.C9H14ClN2Si.C9H13N4Si.C7H9ClNSi.C7H13N2Si.C6H10ClN2Si.C6H10N2Si.C5H7ClN2Si/c1-5-13(4)12-8-6-10(7-9-12)11(2)3;1-4-13(10)12-7-5-9(6-8-12)11(2)3;1-3-14(12-5-4-10-8-12)13-7-6-11(2)9-13;1-2-10(8)9-6-4-3-5-7-9;1-4-10(3)9-6-5-8(2)7-9;1-3-10(7)9-5-4-8(2)6-9;1-3-9(2)8-5-4-7-6-8;1-2-9(6)8-4-3-7-5-8/h5-9,13H,1H2,2-4H3;4-8,13H,1H2,2-3H3;3-9,14H,1H2,2H3;2-7,10H,1H2;4-7,10H,1H2,2-3H3;3-6,10H,1H2,2H3;3-6,9H,1H2,2H3;2-5,9H,1H2/q6*+1;;. The van der Waals surface area contributed by atoms with Crippen molar-refractivity contribution < 1.29 is 26.4 Å². The van der Waals surface area contributed by atoms with E-state index in [1.807, 2.05) is 226 Å². The molecule has 0 saturated carbocycles. The molecule has 8 atom stereocenters. The third kappa shape index (κ3) is 29.0. The number of pyridine rings is 3. The number of rotatable bonds is 19. The second kappa shape index (κ2) is 43.7. The SMILES string of the molecule is C=C[SiH](C)[n+]1ccc(N(C)C)cc1.C=C[SiH](C)n1cc[n+](C)c1.C=C[SiH](C)n1ccnc1.C=C[SiH](Cl)[n+]1ccc(N(C)C)cc1.C=C[SiH](Cl)[n+]1ccccc1.C=C[SiH](Cl)n1cc[n+](C)c1.C=C[SiH](Cl)n1ccnc1.C=C[SiH](n1ccnc1)n1cc[n+](C)c1. The average Bonchev–Trinajstić information content (AvgIpc) is 4.52. The van der Waals surface area contributed by atoms with Gasteiger partial charge in [-0.2, -0.15) is 0 Å². The Bertz CT molecular complexity index is 3190. The van der Waals surface area contributed by atoms with E-state index in [1.165, 1.54) is 11.4 Å². The number of nitrogens with zero attached hydrogens (tertiary/aromatic N) is 17. The second-order valence-corrected chi connectivity index (χ2v) is 42.5. The van der Waals surface area contributed by atoms with Crippen molar-refractivity contribution in [3.05, 3.63) is 290 Å². The van der Waals surface area contributed by atoms with Crippen molar-refractivity contribution in [3.8, 4) is 0 Å². The largest absolute Gasteiger partial charge is 0.473 e. The van der Waals surface area contributed by atoms with Crippen LogP contribution in [0.25, 0.3) is 0 Å². The quantitative estimate of drug-likeness (QED) is 0.0631. The third-order valence-corrected chi connectivity index (χ3v) is 30.6. The molecule has 0 saturated heterocycles. The highest BCUT2D eigenvalue weighted by Crippen LogP contribution is 2.07. The van der Waals surface area contributed by atoms with E-state index in [0.29, 0.717) is 0 Å². The first-order valence-corrected chi connectivity index (χ1v) is 48.4. The highest BCUT2D eigenvalue weighted by molar-refractivity contribution is 7.09. The van der Waals surface area contributed by atoms with Crippen molar-refractivity contribution >= 4 is 125 Å². The zero-order valence-corrected chi connectivity index (χ0v) is 65.2. The number of hydrogen-bond donors (Lipinski definition) is 0. The van der Waals surface area contributed by atoms with E-state index in [4.69, 9.17) is 44.3 Å². The first-order chi connectivity index (χ1) is 42.1. The molecule has 0 bridgehead atoms. The Morgan fingerprint density at radius 1 is 0.398 bits per heavy atom. The van der Waals surface area contributed by atoms with Gasteiger partial charge in [0.25, 0.3) is 17.2 Å². The minimum absolute atomic E-state index is 0.859. The van der Waals surface area contributed by atoms with Crippen molar-refractivity contribution in [1.82, 2.24) is 40.3 Å². The van der Waals surface area contributed by atoms with Gasteiger partial charge in [0, 0.05) is 101 Å². The summed E-state index contributed by atoms with van der Waals surface area (Å²) in [6.07, 6.45) is 47.0. The Morgan fingerprint density at radius 3 is 1.12 bits per heavy atom. The van der Waals surface area contributed by atoms with Crippen LogP contribution in [-0.2, 0) is 21.1 Å². The summed E-state index contributed by atoms with van der Waals surface area (Å²) in [5.41, 5.74) is 17.8. The van der Waals surface area contributed by atoms with Gasteiger partial charge in [0.05, 0.1) is 40.1 Å². The van der Waals surface area contributed by atoms with Crippen LogP contribution >= 0.6 is 44.3 Å². The molecule has 29 heteroatoms. The lowest BCUT2D eigenvalue weighted by molar-refractivity contribution is -0.670. The van der Waals surface area contributed by atoms with Gasteiger partial charge in [0.2, 0.25) is 19.0 Å². The first-order valence-electron chi connectivity index (χ1n) is 28.0. The molecular weight excluding hydrogens is 1310 g/mol. The Labute approximate surface area is 556 Å². The molecule has 9 aromatic heterocycles. The van der Waals surface area contributed by atoms with Gasteiger partial charge in [0.15, 0.2) is 8.96 Å². The van der Waals surface area contributed by atoms with Gasteiger partial charge in [-0.05, 0) is 53.7 Å². The molecule has 17 nitrogen and oxygen atoms in total. The van der Waals surface area contributed by atoms with Crippen molar-refractivity contribution in [2.45, 2.75) is 19.6 Å². The lowest BCUT2D eigenvalue weighted by Gasteiger charge is -2.11. The molecule has 9 rings (SSSR count). The summed E-state index contributed by atoms with van der Waals surface area (Å²) in [4.78, 5) is 16.0. The lowest BCUT2D eigenvalue weighted by Crippen LogP contribution is -2.47. The van der Waals surface area contributed by atoms with Crippen molar-refractivity contribution in [2.75, 3.05) is 38.0 Å². The topological polar surface area (TPSA) is 98.0 Å². The molecule has 0 aliphatic carbocycles. The summed E-state index contributed by atoms with van der Waals surface area (Å²) in [5, 5.41) is 0. The molecule has 9 aromatic rings. The van der Waals surface area contributed by atoms with E-state index in [9.17, 15) is 0 Å². The molecule has 9 heterocycles. The van der Waals surface area contributed by atoms with Crippen LogP contribution in [0.3, 0.4) is 0 Å². The zero-order chi connectivity index (χ0) is 65.6. The average molecular weight is 1410 g/mol. The molecule has 0 amide bonds. The molecule has 0 aromatic carbocycles. The monoisotopic (exact) mass is 1400 g/mol. The maximum atomic E-state index is 6.09. The van der Waals surface area contributed by atoms with Crippen LogP contribution in [0.2, 0.25) is 19.6 Å². The van der Waals surface area contributed by atoms with Crippen LogP contribution in [0.5, 0.6) is 0 Å². The number of halogens is 4. The summed E-state index contributed by atoms with van der Waals surface area (Å²) in [6.45, 7) is 36.5. The summed E-state index contributed by atoms with van der Waals surface area (Å²) in [6, 6.07) is 14.3. The van der Waals surface area contributed by atoms with E-state index < -0.39 is 69.1 Å². The zero-order valence-electron chi connectivity index (χ0n) is 52.9. The van der Waals surface area contributed by atoms with Gasteiger partial charge in [-0.25, -0.2) is 28.7 Å². The highest BCUT2D eigenvalue weighted by Gasteiger charge is 2.18. The molecule has 0 aliphatic heterocycles. The van der Waals surface area contributed by atoms with Crippen LogP contribution in [0, 0.1) is 0 Å². The number of aromatic nitrogens is 15. The van der Waals surface area contributed by atoms with Gasteiger partial charge < -0.3 is 22.5 Å². The summed E-state index contributed by atoms with van der Waals surface area (Å²) in [5.74, 6) is 0. The van der Waals surface area contributed by atoms with Crippen LogP contribution in [0.4, 0.5) is 11.4 Å². The van der Waals surface area contributed by atoms with Crippen LogP contribution in [0.15, 0.2) is 290 Å². The van der Waals surface area contributed by atoms with Gasteiger partial charge >= 0.3 is 42.9 Å². The van der Waals surface area contributed by atoms with Crippen molar-refractivity contribution in [1.29, 1.82) is 0 Å². The summed E-state index contributed by atoms with van der Waals surface area (Å²) in [7, 11) is 4.50. The van der Waals surface area contributed by atoms with Gasteiger partial charge in [-0.3, -0.25) is 25.4 Å². The Kier molecular flexibility index (Phi) is 38.4. The summed E-state index contributed by atoms with van der Waals surface area (Å²) >= 11 is 23.9. The van der Waals surface area contributed by atoms with Crippen LogP contribution in [-0.4, -0.2) is 138 Å². The molecule has 8 unspecified atom stereocenters. The maximum Gasteiger partial charge on any atom is 0.473 e.